The van der Waals surface area contributed by atoms with E-state index in [9.17, 15) is 4.79 Å². The van der Waals surface area contributed by atoms with E-state index in [4.69, 9.17) is 16.3 Å². The van der Waals surface area contributed by atoms with E-state index in [1.807, 2.05) is 6.92 Å². The number of H-pyrrole nitrogens is 1. The number of hydrogen-bond donors (Lipinski definition) is 1. The summed E-state index contributed by atoms with van der Waals surface area (Å²) in [7, 11) is 0. The maximum Gasteiger partial charge on any atom is 0.291 e. The minimum atomic E-state index is -0.172. The van der Waals surface area contributed by atoms with Gasteiger partial charge in [0.1, 0.15) is 0 Å². The van der Waals surface area contributed by atoms with Crippen molar-refractivity contribution >= 4 is 22.6 Å². The third-order valence-corrected chi connectivity index (χ3v) is 3.70. The molecule has 3 rings (SSSR count). The molecule has 0 aromatic carbocycles. The standard InChI is InChI=1S/C13H13ClN2O2/c1-7-8(5-14)6-15-11-9-3-2-4-18-12(9)13(17)16-10(7)11/h6H,2-5H2,1H3,(H,16,17). The molecule has 0 fully saturated rings. The van der Waals surface area contributed by atoms with Crippen molar-refractivity contribution in [3.8, 4) is 5.75 Å². The van der Waals surface area contributed by atoms with Gasteiger partial charge in [-0.3, -0.25) is 9.78 Å². The normalized spacial score (nSPS) is 14.3. The lowest BCUT2D eigenvalue weighted by Crippen LogP contribution is -2.20. The highest BCUT2D eigenvalue weighted by atomic mass is 35.5. The number of pyridine rings is 2. The smallest absolute Gasteiger partial charge is 0.291 e. The Balaban J connectivity index is 2.40. The van der Waals surface area contributed by atoms with Gasteiger partial charge in [0, 0.05) is 17.6 Å². The van der Waals surface area contributed by atoms with E-state index in [0.717, 1.165) is 40.6 Å². The lowest BCUT2D eigenvalue weighted by atomic mass is 10.0. The van der Waals surface area contributed by atoms with Gasteiger partial charge < -0.3 is 9.72 Å². The summed E-state index contributed by atoms with van der Waals surface area (Å²) in [6.45, 7) is 2.55. The van der Waals surface area contributed by atoms with Crippen molar-refractivity contribution in [2.45, 2.75) is 25.6 Å². The van der Waals surface area contributed by atoms with Crippen LogP contribution in [-0.2, 0) is 12.3 Å². The van der Waals surface area contributed by atoms with Crippen molar-refractivity contribution in [3.63, 3.8) is 0 Å². The molecule has 0 saturated heterocycles. The molecule has 0 unspecified atom stereocenters. The fourth-order valence-electron chi connectivity index (χ4n) is 2.38. The zero-order valence-electron chi connectivity index (χ0n) is 10.0. The molecule has 18 heavy (non-hydrogen) atoms. The van der Waals surface area contributed by atoms with E-state index in [1.165, 1.54) is 0 Å². The molecule has 0 saturated carbocycles. The molecule has 0 amide bonds. The van der Waals surface area contributed by atoms with Crippen LogP contribution in [0.5, 0.6) is 5.75 Å². The molecule has 0 bridgehead atoms. The summed E-state index contributed by atoms with van der Waals surface area (Å²) in [5, 5.41) is 0. The Kier molecular flexibility index (Phi) is 2.74. The van der Waals surface area contributed by atoms with E-state index in [2.05, 4.69) is 9.97 Å². The number of alkyl halides is 1. The highest BCUT2D eigenvalue weighted by Crippen LogP contribution is 2.28. The molecule has 0 aliphatic carbocycles. The van der Waals surface area contributed by atoms with Gasteiger partial charge >= 0.3 is 0 Å². The number of ether oxygens (including phenoxy) is 1. The van der Waals surface area contributed by atoms with Crippen molar-refractivity contribution in [2.24, 2.45) is 0 Å². The summed E-state index contributed by atoms with van der Waals surface area (Å²) < 4.78 is 5.45. The number of halogens is 1. The third-order valence-electron chi connectivity index (χ3n) is 3.41. The monoisotopic (exact) mass is 264 g/mol. The van der Waals surface area contributed by atoms with Gasteiger partial charge in [-0.25, -0.2) is 0 Å². The second-order valence-corrected chi connectivity index (χ2v) is 4.75. The minimum absolute atomic E-state index is 0.172. The predicted molar refractivity (Wildman–Crippen MR) is 70.5 cm³/mol. The second-order valence-electron chi connectivity index (χ2n) is 4.48. The van der Waals surface area contributed by atoms with Gasteiger partial charge in [-0.15, -0.1) is 11.6 Å². The highest BCUT2D eigenvalue weighted by Gasteiger charge is 2.20. The Morgan fingerprint density at radius 2 is 2.39 bits per heavy atom. The molecule has 1 N–H and O–H groups in total. The van der Waals surface area contributed by atoms with E-state index in [-0.39, 0.29) is 5.56 Å². The Bertz CT molecular complexity index is 679. The number of aromatic amines is 1. The number of aryl methyl sites for hydroxylation is 2. The number of aromatic nitrogens is 2. The molecule has 5 heteroatoms. The van der Waals surface area contributed by atoms with E-state index in [1.54, 1.807) is 6.20 Å². The van der Waals surface area contributed by atoms with Crippen LogP contribution in [0.15, 0.2) is 11.0 Å². The summed E-state index contributed by atoms with van der Waals surface area (Å²) >= 11 is 5.86. The molecule has 0 spiro atoms. The maximum atomic E-state index is 12.0. The van der Waals surface area contributed by atoms with Crippen LogP contribution in [0.25, 0.3) is 11.0 Å². The van der Waals surface area contributed by atoms with Gasteiger partial charge in [-0.05, 0) is 30.9 Å². The highest BCUT2D eigenvalue weighted by molar-refractivity contribution is 6.17. The molecule has 2 aromatic rings. The van der Waals surface area contributed by atoms with Crippen LogP contribution in [0.2, 0.25) is 0 Å². The Hall–Kier alpha value is -1.55. The molecule has 4 nitrogen and oxygen atoms in total. The van der Waals surface area contributed by atoms with Gasteiger partial charge in [0.05, 0.1) is 17.6 Å². The van der Waals surface area contributed by atoms with Crippen molar-refractivity contribution in [1.29, 1.82) is 0 Å². The quantitative estimate of drug-likeness (QED) is 0.804. The first-order chi connectivity index (χ1) is 8.72. The largest absolute Gasteiger partial charge is 0.488 e. The van der Waals surface area contributed by atoms with E-state index >= 15 is 0 Å². The lowest BCUT2D eigenvalue weighted by Gasteiger charge is -2.18. The van der Waals surface area contributed by atoms with Gasteiger partial charge in [0.15, 0.2) is 5.75 Å². The summed E-state index contributed by atoms with van der Waals surface area (Å²) in [6.07, 6.45) is 3.53. The maximum absolute atomic E-state index is 12.0. The van der Waals surface area contributed by atoms with Crippen LogP contribution in [0.4, 0.5) is 0 Å². The van der Waals surface area contributed by atoms with Crippen LogP contribution >= 0.6 is 11.6 Å². The zero-order valence-corrected chi connectivity index (χ0v) is 10.8. The first-order valence-electron chi connectivity index (χ1n) is 5.94. The van der Waals surface area contributed by atoms with Crippen molar-refractivity contribution < 1.29 is 4.74 Å². The van der Waals surface area contributed by atoms with Gasteiger partial charge in [-0.1, -0.05) is 0 Å². The van der Waals surface area contributed by atoms with Gasteiger partial charge in [0.25, 0.3) is 5.56 Å². The Morgan fingerprint density at radius 3 is 3.17 bits per heavy atom. The molecule has 0 radical (unpaired) electrons. The minimum Gasteiger partial charge on any atom is -0.488 e. The predicted octanol–water partition coefficient (Wildman–Crippen LogP) is 2.30. The lowest BCUT2D eigenvalue weighted by molar-refractivity contribution is 0.285. The van der Waals surface area contributed by atoms with Crippen LogP contribution < -0.4 is 10.3 Å². The van der Waals surface area contributed by atoms with E-state index < -0.39 is 0 Å². The fourth-order valence-corrected chi connectivity index (χ4v) is 2.65. The van der Waals surface area contributed by atoms with Crippen LogP contribution in [0.3, 0.4) is 0 Å². The molecule has 0 atom stereocenters. The fraction of sp³-hybridized carbons (Fsp3) is 0.385. The van der Waals surface area contributed by atoms with Crippen molar-refractivity contribution in [3.05, 3.63) is 33.2 Å². The molecule has 1 aliphatic heterocycles. The average Bonchev–Trinajstić information content (AvgIpc) is 2.41. The van der Waals surface area contributed by atoms with Gasteiger partial charge in [-0.2, -0.15) is 0 Å². The first kappa shape index (κ1) is 11.5. The SMILES string of the molecule is Cc1c(CCl)cnc2c3c(c(=O)[nH]c12)OCCC3. The van der Waals surface area contributed by atoms with Crippen LogP contribution in [-0.4, -0.2) is 16.6 Å². The summed E-state index contributed by atoms with van der Waals surface area (Å²) in [5.74, 6) is 0.823. The third kappa shape index (κ3) is 1.60. The number of nitrogens with zero attached hydrogens (tertiary/aromatic N) is 1. The Labute approximate surface area is 109 Å². The van der Waals surface area contributed by atoms with Gasteiger partial charge in [0.2, 0.25) is 0 Å². The Morgan fingerprint density at radius 1 is 1.56 bits per heavy atom. The first-order valence-corrected chi connectivity index (χ1v) is 6.48. The van der Waals surface area contributed by atoms with Crippen molar-refractivity contribution in [2.75, 3.05) is 6.61 Å². The molecular weight excluding hydrogens is 252 g/mol. The number of hydrogen-bond acceptors (Lipinski definition) is 3. The molecule has 1 aliphatic rings. The number of nitrogens with one attached hydrogen (secondary N) is 1. The summed E-state index contributed by atoms with van der Waals surface area (Å²) in [4.78, 5) is 19.3. The average molecular weight is 265 g/mol. The van der Waals surface area contributed by atoms with Crippen LogP contribution in [0.1, 0.15) is 23.1 Å². The summed E-state index contributed by atoms with van der Waals surface area (Å²) in [6, 6.07) is 0. The van der Waals surface area contributed by atoms with E-state index in [0.29, 0.717) is 18.2 Å². The second kappa shape index (κ2) is 4.28. The topological polar surface area (TPSA) is 55.0 Å². The molecule has 94 valence electrons. The molecule has 2 aromatic heterocycles. The number of rotatable bonds is 1. The zero-order chi connectivity index (χ0) is 12.7. The van der Waals surface area contributed by atoms with Crippen molar-refractivity contribution in [1.82, 2.24) is 9.97 Å². The molecule has 3 heterocycles. The molecular formula is C13H13ClN2O2. The summed E-state index contributed by atoms with van der Waals surface area (Å²) in [5.41, 5.74) is 4.29. The van der Waals surface area contributed by atoms with Crippen LogP contribution in [0, 0.1) is 6.92 Å². The number of fused-ring (bicyclic) bond motifs is 3.